The maximum absolute atomic E-state index is 13.3. The number of imide groups is 3. The van der Waals surface area contributed by atoms with Gasteiger partial charge in [0, 0.05) is 28.2 Å². The lowest BCUT2D eigenvalue weighted by Crippen LogP contribution is -2.40. The van der Waals surface area contributed by atoms with Gasteiger partial charge in [-0.25, -0.2) is 4.79 Å². The van der Waals surface area contributed by atoms with Crippen LogP contribution < -0.4 is 4.74 Å². The van der Waals surface area contributed by atoms with E-state index in [1.807, 2.05) is 0 Å². The Morgan fingerprint density at radius 3 is 2.51 bits per heavy atom. The summed E-state index contributed by atoms with van der Waals surface area (Å²) < 4.78 is 9.91. The lowest BCUT2D eigenvalue weighted by Gasteiger charge is -2.42. The molecule has 1 fully saturated rings. The topological polar surface area (TPSA) is 127 Å². The van der Waals surface area contributed by atoms with E-state index in [2.05, 4.69) is 4.74 Å². The molecule has 180 valence electrons. The second kappa shape index (κ2) is 8.04. The van der Waals surface area contributed by atoms with Crippen LogP contribution in [0.2, 0.25) is 0 Å². The third-order valence-corrected chi connectivity index (χ3v) is 7.48. The standard InChI is InChI=1S/C26H23NO8/c1-11-9-17(28)16-10-15-12(7-8-14-20(15)25(32)27(24(14)31)26(33)35-3)19(21(16)22(11)29)13-5-4-6-18(34-2)23(13)30/h4-7,9,14-15,19-20,30H,8,10H2,1-3H3. The number of rotatable bonds is 2. The van der Waals surface area contributed by atoms with Crippen LogP contribution >= 0.6 is 0 Å². The van der Waals surface area contributed by atoms with Gasteiger partial charge in [0.05, 0.1) is 26.1 Å². The third-order valence-electron chi connectivity index (χ3n) is 7.48. The van der Waals surface area contributed by atoms with Crippen molar-refractivity contribution in [3.05, 3.63) is 58.2 Å². The van der Waals surface area contributed by atoms with Crippen LogP contribution in [-0.4, -0.2) is 53.7 Å². The van der Waals surface area contributed by atoms with E-state index in [-0.39, 0.29) is 52.6 Å². The summed E-state index contributed by atoms with van der Waals surface area (Å²) in [6.07, 6.45) is 2.29. The summed E-state index contributed by atoms with van der Waals surface area (Å²) in [4.78, 5) is 65.4. The molecule has 0 aromatic heterocycles. The third kappa shape index (κ3) is 3.10. The average Bonchev–Trinajstić information content (AvgIpc) is 3.11. The average molecular weight is 477 g/mol. The second-order valence-electron chi connectivity index (χ2n) is 9.11. The Kier molecular flexibility index (Phi) is 5.23. The maximum Gasteiger partial charge on any atom is 0.423 e. The van der Waals surface area contributed by atoms with Crippen LogP contribution in [-0.2, 0) is 23.9 Å². The zero-order valence-corrected chi connectivity index (χ0v) is 19.4. The van der Waals surface area contributed by atoms with Gasteiger partial charge in [0.1, 0.15) is 0 Å². The fraction of sp³-hybridized carbons (Fsp3) is 0.346. The van der Waals surface area contributed by atoms with E-state index in [0.717, 1.165) is 7.11 Å². The van der Waals surface area contributed by atoms with E-state index in [0.29, 0.717) is 16.0 Å². The van der Waals surface area contributed by atoms with E-state index < -0.39 is 41.6 Å². The number of carbonyl (C=O) groups is 5. The number of phenols is 1. The number of Topliss-reactive ketones (excluding diaryl/α,β-unsaturated/α-hetero) is 1. The van der Waals surface area contributed by atoms with Crippen molar-refractivity contribution in [2.45, 2.75) is 25.7 Å². The number of aromatic hydroxyl groups is 1. The van der Waals surface area contributed by atoms with Crippen molar-refractivity contribution in [1.82, 2.24) is 4.90 Å². The minimum atomic E-state index is -1.05. The van der Waals surface area contributed by atoms with Gasteiger partial charge in [0.25, 0.3) is 0 Å². The zero-order chi connectivity index (χ0) is 25.2. The number of para-hydroxylation sites is 1. The van der Waals surface area contributed by atoms with Crippen molar-refractivity contribution >= 4 is 29.5 Å². The number of phenolic OH excluding ortho intramolecular Hbond substituents is 1. The van der Waals surface area contributed by atoms with Crippen molar-refractivity contribution in [1.29, 1.82) is 0 Å². The first-order valence-electron chi connectivity index (χ1n) is 11.2. The number of amides is 3. The highest BCUT2D eigenvalue weighted by atomic mass is 16.5. The molecular formula is C26H23NO8. The molecule has 1 saturated heterocycles. The molecule has 5 rings (SSSR count). The Balaban J connectivity index is 1.71. The lowest BCUT2D eigenvalue weighted by molar-refractivity contribution is -0.137. The van der Waals surface area contributed by atoms with Crippen LogP contribution in [0, 0.1) is 17.8 Å². The molecular weight excluding hydrogens is 454 g/mol. The number of nitrogens with zero attached hydrogens (tertiary/aromatic N) is 1. The van der Waals surface area contributed by atoms with Crippen molar-refractivity contribution in [2.24, 2.45) is 17.8 Å². The van der Waals surface area contributed by atoms with Crippen molar-refractivity contribution in [2.75, 3.05) is 14.2 Å². The summed E-state index contributed by atoms with van der Waals surface area (Å²) in [6.45, 7) is 1.57. The maximum atomic E-state index is 13.3. The number of carbonyl (C=O) groups excluding carboxylic acids is 5. The normalized spacial score (nSPS) is 27.7. The lowest BCUT2D eigenvalue weighted by atomic mass is 9.59. The predicted octanol–water partition coefficient (Wildman–Crippen LogP) is 2.60. The number of ether oxygens (including phenoxy) is 2. The summed E-state index contributed by atoms with van der Waals surface area (Å²) in [6, 6.07) is 4.90. The van der Waals surface area contributed by atoms with E-state index in [9.17, 15) is 29.1 Å². The molecule has 3 amide bonds. The Morgan fingerprint density at radius 1 is 1.09 bits per heavy atom. The molecule has 0 bridgehead atoms. The van der Waals surface area contributed by atoms with E-state index in [4.69, 9.17) is 4.74 Å². The Hall–Kier alpha value is -4.01. The van der Waals surface area contributed by atoms with Crippen molar-refractivity contribution < 1.29 is 38.6 Å². The highest BCUT2D eigenvalue weighted by Gasteiger charge is 2.58. The van der Waals surface area contributed by atoms with Crippen LogP contribution in [0.15, 0.2) is 52.6 Å². The minimum absolute atomic E-state index is 0.0753. The van der Waals surface area contributed by atoms with Crippen LogP contribution in [0.5, 0.6) is 11.5 Å². The highest BCUT2D eigenvalue weighted by molar-refractivity contribution is 6.24. The Labute approximate surface area is 200 Å². The first kappa shape index (κ1) is 22.8. The summed E-state index contributed by atoms with van der Waals surface area (Å²) >= 11 is 0. The van der Waals surface area contributed by atoms with Gasteiger partial charge >= 0.3 is 6.09 Å². The molecule has 1 heterocycles. The van der Waals surface area contributed by atoms with Crippen LogP contribution in [0.4, 0.5) is 4.79 Å². The molecule has 9 heteroatoms. The van der Waals surface area contributed by atoms with Gasteiger partial charge in [0.15, 0.2) is 23.1 Å². The molecule has 3 aliphatic carbocycles. The minimum Gasteiger partial charge on any atom is -0.504 e. The number of allylic oxidation sites excluding steroid dienone is 6. The first-order chi connectivity index (χ1) is 16.7. The van der Waals surface area contributed by atoms with E-state index in [1.165, 1.54) is 13.2 Å². The largest absolute Gasteiger partial charge is 0.504 e. The molecule has 9 nitrogen and oxygen atoms in total. The van der Waals surface area contributed by atoms with E-state index >= 15 is 0 Å². The molecule has 4 unspecified atom stereocenters. The number of methoxy groups -OCH3 is 2. The SMILES string of the molecule is COC(=O)N1C(=O)C2CC=C3C(c4cccc(OC)c4O)C4=C(CC3C2C1=O)C(=O)C=C(C)C4=O. The molecule has 0 radical (unpaired) electrons. The van der Waals surface area contributed by atoms with Crippen molar-refractivity contribution in [3.63, 3.8) is 0 Å². The first-order valence-corrected chi connectivity index (χ1v) is 11.2. The number of hydrogen-bond donors (Lipinski definition) is 1. The molecule has 0 spiro atoms. The molecule has 4 aliphatic rings. The van der Waals surface area contributed by atoms with Crippen LogP contribution in [0.25, 0.3) is 0 Å². The molecule has 1 N–H and O–H groups in total. The number of benzene rings is 1. The number of likely N-dealkylation sites (tertiary alicyclic amines) is 1. The number of hydrogen-bond acceptors (Lipinski definition) is 8. The fourth-order valence-electron chi connectivity index (χ4n) is 5.92. The van der Waals surface area contributed by atoms with Gasteiger partial charge < -0.3 is 14.6 Å². The monoisotopic (exact) mass is 477 g/mol. The van der Waals surface area contributed by atoms with Crippen molar-refractivity contribution in [3.8, 4) is 11.5 Å². The van der Waals surface area contributed by atoms with Gasteiger partial charge in [-0.3, -0.25) is 19.2 Å². The highest BCUT2D eigenvalue weighted by Crippen LogP contribution is 2.56. The Morgan fingerprint density at radius 2 is 1.83 bits per heavy atom. The van der Waals surface area contributed by atoms with Crippen LogP contribution in [0.3, 0.4) is 0 Å². The van der Waals surface area contributed by atoms with Gasteiger partial charge in [-0.1, -0.05) is 23.8 Å². The number of fused-ring (bicyclic) bond motifs is 3. The fourth-order valence-corrected chi connectivity index (χ4v) is 5.92. The summed E-state index contributed by atoms with van der Waals surface area (Å²) in [5, 5.41) is 11.0. The molecule has 4 atom stereocenters. The quantitative estimate of drug-likeness (QED) is 0.391. The summed E-state index contributed by atoms with van der Waals surface area (Å²) in [7, 11) is 2.50. The smallest absolute Gasteiger partial charge is 0.423 e. The molecule has 0 saturated carbocycles. The predicted molar refractivity (Wildman–Crippen MR) is 120 cm³/mol. The summed E-state index contributed by atoms with van der Waals surface area (Å²) in [5.74, 6) is -5.02. The van der Waals surface area contributed by atoms with Gasteiger partial charge in [-0.05, 0) is 37.8 Å². The van der Waals surface area contributed by atoms with Gasteiger partial charge in [0.2, 0.25) is 11.8 Å². The molecule has 1 aliphatic heterocycles. The zero-order valence-electron chi connectivity index (χ0n) is 19.4. The summed E-state index contributed by atoms with van der Waals surface area (Å²) in [5.41, 5.74) is 1.84. The van der Waals surface area contributed by atoms with E-state index in [1.54, 1.807) is 31.2 Å². The molecule has 35 heavy (non-hydrogen) atoms. The van der Waals surface area contributed by atoms with Gasteiger partial charge in [-0.2, -0.15) is 4.90 Å². The molecule has 1 aromatic rings. The molecule has 1 aromatic carbocycles. The van der Waals surface area contributed by atoms with Gasteiger partial charge in [-0.15, -0.1) is 0 Å². The second-order valence-corrected chi connectivity index (χ2v) is 9.11. The van der Waals surface area contributed by atoms with Crippen LogP contribution in [0.1, 0.15) is 31.2 Å². The Bertz CT molecular complexity index is 1320. The number of ketones is 2.